The van der Waals surface area contributed by atoms with Crippen molar-refractivity contribution in [2.45, 2.75) is 57.1 Å². The maximum absolute atomic E-state index is 6.31. The lowest BCUT2D eigenvalue weighted by Gasteiger charge is -2.33. The van der Waals surface area contributed by atoms with Crippen LogP contribution in [0.1, 0.15) is 56.6 Å². The molecule has 1 aliphatic carbocycles. The molecule has 1 saturated carbocycles. The molecule has 2 atom stereocenters. The second-order valence-electron chi connectivity index (χ2n) is 6.23. The molecule has 1 heterocycles. The number of fused-ring (bicyclic) bond motifs is 1. The first kappa shape index (κ1) is 13.7. The second-order valence-corrected chi connectivity index (χ2v) is 6.23. The molecule has 0 aromatic heterocycles. The molecule has 2 N–H and O–H groups in total. The molecular weight excluding hydrogens is 250 g/mol. The topological polar surface area (TPSA) is 44.5 Å². The van der Waals surface area contributed by atoms with E-state index in [0.717, 1.165) is 35.8 Å². The summed E-state index contributed by atoms with van der Waals surface area (Å²) in [7, 11) is 1.68. The van der Waals surface area contributed by atoms with Crippen LogP contribution in [0.4, 0.5) is 0 Å². The summed E-state index contributed by atoms with van der Waals surface area (Å²) in [5, 5.41) is 0. The highest BCUT2D eigenvalue weighted by Crippen LogP contribution is 2.39. The Kier molecular flexibility index (Phi) is 4.16. The van der Waals surface area contributed by atoms with Crippen molar-refractivity contribution in [2.24, 2.45) is 11.7 Å². The summed E-state index contributed by atoms with van der Waals surface area (Å²) < 4.78 is 11.5. The number of hydrogen-bond acceptors (Lipinski definition) is 3. The van der Waals surface area contributed by atoms with E-state index in [1.807, 2.05) is 18.2 Å². The zero-order valence-corrected chi connectivity index (χ0v) is 12.3. The molecule has 0 amide bonds. The third kappa shape index (κ3) is 2.93. The van der Waals surface area contributed by atoms with Gasteiger partial charge in [0, 0.05) is 24.1 Å². The van der Waals surface area contributed by atoms with Gasteiger partial charge in [-0.1, -0.05) is 38.2 Å². The Hall–Kier alpha value is -1.22. The first-order valence-corrected chi connectivity index (χ1v) is 7.86. The van der Waals surface area contributed by atoms with Crippen LogP contribution in [0, 0.1) is 5.92 Å². The van der Waals surface area contributed by atoms with Crippen LogP contribution in [0.2, 0.25) is 0 Å². The SMILES string of the molecule is COc1ccc2c(c1)OC(CC1CCCCC1)CC2N. The van der Waals surface area contributed by atoms with Crippen molar-refractivity contribution in [3.8, 4) is 11.5 Å². The molecule has 1 aliphatic heterocycles. The van der Waals surface area contributed by atoms with Crippen LogP contribution < -0.4 is 15.2 Å². The molecular formula is C17H25NO2. The summed E-state index contributed by atoms with van der Waals surface area (Å²) in [6.07, 6.45) is 9.26. The van der Waals surface area contributed by atoms with E-state index in [1.165, 1.54) is 32.1 Å². The van der Waals surface area contributed by atoms with E-state index in [1.54, 1.807) is 7.11 Å². The van der Waals surface area contributed by atoms with Gasteiger partial charge < -0.3 is 15.2 Å². The van der Waals surface area contributed by atoms with E-state index < -0.39 is 0 Å². The average Bonchev–Trinajstić information content (AvgIpc) is 2.47. The molecule has 1 fully saturated rings. The molecule has 0 radical (unpaired) electrons. The Balaban J connectivity index is 1.70. The van der Waals surface area contributed by atoms with Crippen molar-refractivity contribution < 1.29 is 9.47 Å². The molecule has 1 aromatic carbocycles. The molecule has 0 bridgehead atoms. The molecule has 3 rings (SSSR count). The lowest BCUT2D eigenvalue weighted by Crippen LogP contribution is -2.31. The van der Waals surface area contributed by atoms with Crippen molar-refractivity contribution >= 4 is 0 Å². The Morgan fingerprint density at radius 2 is 2.05 bits per heavy atom. The van der Waals surface area contributed by atoms with Gasteiger partial charge in [-0.05, 0) is 18.4 Å². The van der Waals surface area contributed by atoms with E-state index in [4.69, 9.17) is 15.2 Å². The standard InChI is InChI=1S/C17H25NO2/c1-19-13-7-8-15-16(18)10-14(20-17(15)11-13)9-12-5-3-2-4-6-12/h7-8,11-12,14,16H,2-6,9-10,18H2,1H3. The normalized spacial score (nSPS) is 26.7. The van der Waals surface area contributed by atoms with Crippen LogP contribution in [0.25, 0.3) is 0 Å². The Labute approximate surface area is 121 Å². The monoisotopic (exact) mass is 275 g/mol. The molecule has 110 valence electrons. The van der Waals surface area contributed by atoms with Gasteiger partial charge in [-0.15, -0.1) is 0 Å². The summed E-state index contributed by atoms with van der Waals surface area (Å²) in [6.45, 7) is 0. The highest BCUT2D eigenvalue weighted by atomic mass is 16.5. The zero-order valence-electron chi connectivity index (χ0n) is 12.3. The van der Waals surface area contributed by atoms with Gasteiger partial charge in [-0.3, -0.25) is 0 Å². The maximum Gasteiger partial charge on any atom is 0.128 e. The zero-order chi connectivity index (χ0) is 13.9. The van der Waals surface area contributed by atoms with Crippen LogP contribution in [-0.2, 0) is 0 Å². The molecule has 2 unspecified atom stereocenters. The minimum atomic E-state index is 0.0956. The third-order valence-corrected chi connectivity index (χ3v) is 4.75. The van der Waals surface area contributed by atoms with Gasteiger partial charge in [0.05, 0.1) is 7.11 Å². The van der Waals surface area contributed by atoms with Gasteiger partial charge in [-0.2, -0.15) is 0 Å². The van der Waals surface area contributed by atoms with Gasteiger partial charge in [0.15, 0.2) is 0 Å². The number of rotatable bonds is 3. The molecule has 2 aliphatic rings. The van der Waals surface area contributed by atoms with Crippen molar-refractivity contribution in [1.29, 1.82) is 0 Å². The number of hydrogen-bond donors (Lipinski definition) is 1. The average molecular weight is 275 g/mol. The lowest BCUT2D eigenvalue weighted by molar-refractivity contribution is 0.120. The first-order chi connectivity index (χ1) is 9.76. The Bertz CT molecular complexity index is 454. The van der Waals surface area contributed by atoms with Crippen molar-refractivity contribution in [1.82, 2.24) is 0 Å². The van der Waals surface area contributed by atoms with E-state index in [0.29, 0.717) is 0 Å². The van der Waals surface area contributed by atoms with E-state index in [9.17, 15) is 0 Å². The third-order valence-electron chi connectivity index (χ3n) is 4.75. The van der Waals surface area contributed by atoms with Crippen LogP contribution in [0.15, 0.2) is 18.2 Å². The van der Waals surface area contributed by atoms with Crippen molar-refractivity contribution in [3.05, 3.63) is 23.8 Å². The van der Waals surface area contributed by atoms with Crippen LogP contribution in [-0.4, -0.2) is 13.2 Å². The first-order valence-electron chi connectivity index (χ1n) is 7.86. The second kappa shape index (κ2) is 6.04. The predicted molar refractivity (Wildman–Crippen MR) is 80.1 cm³/mol. The van der Waals surface area contributed by atoms with Gasteiger partial charge >= 0.3 is 0 Å². The van der Waals surface area contributed by atoms with Crippen LogP contribution >= 0.6 is 0 Å². The lowest BCUT2D eigenvalue weighted by atomic mass is 9.83. The number of methoxy groups -OCH3 is 1. The fourth-order valence-corrected chi connectivity index (χ4v) is 3.63. The Morgan fingerprint density at radius 1 is 1.25 bits per heavy atom. The van der Waals surface area contributed by atoms with Crippen molar-refractivity contribution in [3.63, 3.8) is 0 Å². The number of benzene rings is 1. The largest absolute Gasteiger partial charge is 0.497 e. The molecule has 0 saturated heterocycles. The molecule has 0 spiro atoms. The summed E-state index contributed by atoms with van der Waals surface area (Å²) >= 11 is 0. The van der Waals surface area contributed by atoms with Gasteiger partial charge in [0.2, 0.25) is 0 Å². The molecule has 1 aromatic rings. The molecule has 3 heteroatoms. The smallest absolute Gasteiger partial charge is 0.128 e. The van der Waals surface area contributed by atoms with Gasteiger partial charge in [0.1, 0.15) is 17.6 Å². The molecule has 20 heavy (non-hydrogen) atoms. The van der Waals surface area contributed by atoms with Crippen LogP contribution in [0.3, 0.4) is 0 Å². The highest BCUT2D eigenvalue weighted by Gasteiger charge is 2.28. The fourth-order valence-electron chi connectivity index (χ4n) is 3.63. The Morgan fingerprint density at radius 3 is 2.80 bits per heavy atom. The predicted octanol–water partition coefficient (Wildman–Crippen LogP) is 3.82. The summed E-state index contributed by atoms with van der Waals surface area (Å²) in [5.74, 6) is 2.59. The highest BCUT2D eigenvalue weighted by molar-refractivity contribution is 5.43. The minimum absolute atomic E-state index is 0.0956. The van der Waals surface area contributed by atoms with Gasteiger partial charge in [0.25, 0.3) is 0 Å². The minimum Gasteiger partial charge on any atom is -0.497 e. The van der Waals surface area contributed by atoms with Crippen molar-refractivity contribution in [2.75, 3.05) is 7.11 Å². The summed E-state index contributed by atoms with van der Waals surface area (Å²) in [4.78, 5) is 0. The fraction of sp³-hybridized carbons (Fsp3) is 0.647. The van der Waals surface area contributed by atoms with Crippen LogP contribution in [0.5, 0.6) is 11.5 Å². The number of nitrogens with two attached hydrogens (primary N) is 1. The van der Waals surface area contributed by atoms with E-state index >= 15 is 0 Å². The maximum atomic E-state index is 6.31. The van der Waals surface area contributed by atoms with Gasteiger partial charge in [-0.25, -0.2) is 0 Å². The van der Waals surface area contributed by atoms with E-state index in [2.05, 4.69) is 0 Å². The summed E-state index contributed by atoms with van der Waals surface area (Å²) in [5.41, 5.74) is 7.43. The van der Waals surface area contributed by atoms with E-state index in [-0.39, 0.29) is 12.1 Å². The number of ether oxygens (including phenoxy) is 2. The molecule has 3 nitrogen and oxygen atoms in total. The quantitative estimate of drug-likeness (QED) is 0.912. The summed E-state index contributed by atoms with van der Waals surface area (Å²) in [6, 6.07) is 6.07.